The molecule has 1 saturated carbocycles. The van der Waals surface area contributed by atoms with E-state index in [1.165, 1.54) is 28.0 Å². The summed E-state index contributed by atoms with van der Waals surface area (Å²) in [5, 5.41) is 25.1. The third-order valence-corrected chi connectivity index (χ3v) is 6.74. The average Bonchev–Trinajstić information content (AvgIpc) is 3.61. The number of alkyl halides is 2. The highest BCUT2D eigenvalue weighted by Crippen LogP contribution is 2.34. The van der Waals surface area contributed by atoms with E-state index in [9.17, 15) is 18.7 Å². The number of nitrogens with one attached hydrogen (secondary N) is 2. The predicted octanol–water partition coefficient (Wildman–Crippen LogP) is 4.37. The van der Waals surface area contributed by atoms with Gasteiger partial charge in [0.1, 0.15) is 11.6 Å². The van der Waals surface area contributed by atoms with Crippen LogP contribution in [0.1, 0.15) is 39.2 Å². The standard InChI is InChI=1S/C26H30F2N10O2/c1-26(40)8-4-17(5-9-26)32-20-12-22(30-14-18(20)19-7-11-37(35-19)24(27)28)33-21-6-10-29-23(34-21)16-13-31-38(15-16)25(39)36(2)3/h6-7,10-15,17,24,40H,4-5,8-9H2,1-3H3,(H2,29,30,32,33,34). The average molecular weight is 553 g/mol. The van der Waals surface area contributed by atoms with Gasteiger partial charge < -0.3 is 20.6 Å². The van der Waals surface area contributed by atoms with Crippen LogP contribution in [-0.2, 0) is 0 Å². The maximum absolute atomic E-state index is 13.2. The zero-order valence-electron chi connectivity index (χ0n) is 22.3. The van der Waals surface area contributed by atoms with Gasteiger partial charge >= 0.3 is 12.6 Å². The fraction of sp³-hybridized carbons (Fsp3) is 0.385. The molecule has 4 aromatic rings. The van der Waals surface area contributed by atoms with E-state index in [1.807, 2.05) is 6.92 Å². The number of nitrogens with zero attached hydrogens (tertiary/aromatic N) is 8. The van der Waals surface area contributed by atoms with E-state index in [-0.39, 0.29) is 12.1 Å². The summed E-state index contributed by atoms with van der Waals surface area (Å²) in [6.07, 6.45) is 10.2. The van der Waals surface area contributed by atoms with Crippen molar-refractivity contribution >= 4 is 23.4 Å². The van der Waals surface area contributed by atoms with Crippen LogP contribution in [0, 0.1) is 0 Å². The first kappa shape index (κ1) is 27.1. The first-order chi connectivity index (χ1) is 19.1. The second-order valence-corrected chi connectivity index (χ2v) is 10.2. The first-order valence-corrected chi connectivity index (χ1v) is 12.8. The maximum atomic E-state index is 13.2. The van der Waals surface area contributed by atoms with Crippen LogP contribution in [0.25, 0.3) is 22.6 Å². The van der Waals surface area contributed by atoms with Crippen LogP contribution in [0.3, 0.4) is 0 Å². The molecule has 0 unspecified atom stereocenters. The van der Waals surface area contributed by atoms with Gasteiger partial charge in [0, 0.05) is 62.2 Å². The molecule has 12 nitrogen and oxygen atoms in total. The molecule has 0 atom stereocenters. The number of hydrogen-bond donors (Lipinski definition) is 3. The molecule has 0 bridgehead atoms. The number of carbonyl (C=O) groups excluding carboxylic acids is 1. The van der Waals surface area contributed by atoms with Crippen molar-refractivity contribution in [3.8, 4) is 22.6 Å². The quantitative estimate of drug-likeness (QED) is 0.305. The van der Waals surface area contributed by atoms with Crippen LogP contribution >= 0.6 is 0 Å². The van der Waals surface area contributed by atoms with Crippen LogP contribution in [-0.4, -0.2) is 76.3 Å². The topological polar surface area (TPSA) is 139 Å². The van der Waals surface area contributed by atoms with Gasteiger partial charge in [-0.15, -0.1) is 0 Å². The number of halogens is 2. The fourth-order valence-corrected chi connectivity index (χ4v) is 4.49. The Morgan fingerprint density at radius 1 is 1.18 bits per heavy atom. The van der Waals surface area contributed by atoms with Crippen molar-refractivity contribution in [2.45, 2.75) is 50.8 Å². The smallest absolute Gasteiger partial charge is 0.344 e. The Morgan fingerprint density at radius 2 is 1.95 bits per heavy atom. The van der Waals surface area contributed by atoms with Gasteiger partial charge in [0.2, 0.25) is 0 Å². The molecule has 4 heterocycles. The lowest BCUT2D eigenvalue weighted by Crippen LogP contribution is -2.35. The monoisotopic (exact) mass is 552 g/mol. The zero-order chi connectivity index (χ0) is 28.4. The van der Waals surface area contributed by atoms with E-state index in [4.69, 9.17) is 0 Å². The molecule has 1 amide bonds. The van der Waals surface area contributed by atoms with Crippen molar-refractivity contribution in [3.05, 3.63) is 49.2 Å². The molecular weight excluding hydrogens is 522 g/mol. The van der Waals surface area contributed by atoms with E-state index < -0.39 is 12.2 Å². The Kier molecular flexibility index (Phi) is 7.43. The molecule has 1 aliphatic carbocycles. The Hall–Kier alpha value is -4.46. The Balaban J connectivity index is 1.41. The second-order valence-electron chi connectivity index (χ2n) is 10.2. The zero-order valence-corrected chi connectivity index (χ0v) is 22.3. The lowest BCUT2D eigenvalue weighted by Gasteiger charge is -2.34. The third-order valence-electron chi connectivity index (χ3n) is 6.74. The summed E-state index contributed by atoms with van der Waals surface area (Å²) in [6, 6.07) is 4.75. The highest BCUT2D eigenvalue weighted by molar-refractivity contribution is 5.78. The molecule has 5 rings (SSSR count). The number of anilines is 3. The Bertz CT molecular complexity index is 1490. The second kappa shape index (κ2) is 11.0. The van der Waals surface area contributed by atoms with Crippen molar-refractivity contribution in [1.82, 2.24) is 39.4 Å². The lowest BCUT2D eigenvalue weighted by molar-refractivity contribution is 0.0196. The van der Waals surface area contributed by atoms with Crippen molar-refractivity contribution in [2.24, 2.45) is 0 Å². The fourth-order valence-electron chi connectivity index (χ4n) is 4.49. The first-order valence-electron chi connectivity index (χ1n) is 12.8. The molecule has 0 radical (unpaired) electrons. The molecule has 14 heteroatoms. The van der Waals surface area contributed by atoms with Gasteiger partial charge in [-0.1, -0.05) is 0 Å². The molecule has 1 aliphatic rings. The molecule has 40 heavy (non-hydrogen) atoms. The Labute approximate surface area is 229 Å². The number of amides is 1. The number of hydrogen-bond acceptors (Lipinski definition) is 9. The molecule has 0 aliphatic heterocycles. The summed E-state index contributed by atoms with van der Waals surface area (Å²) in [7, 11) is 3.27. The highest BCUT2D eigenvalue weighted by Gasteiger charge is 2.29. The van der Waals surface area contributed by atoms with Crippen molar-refractivity contribution in [1.29, 1.82) is 0 Å². The number of carbonyl (C=O) groups is 1. The largest absolute Gasteiger partial charge is 0.390 e. The number of pyridine rings is 1. The minimum Gasteiger partial charge on any atom is -0.390 e. The third kappa shape index (κ3) is 6.06. The lowest BCUT2D eigenvalue weighted by atomic mass is 9.83. The van der Waals surface area contributed by atoms with Gasteiger partial charge in [0.05, 0.1) is 23.1 Å². The number of aromatic nitrogens is 7. The molecule has 3 N–H and O–H groups in total. The molecule has 0 saturated heterocycles. The van der Waals surface area contributed by atoms with Crippen LogP contribution in [0.5, 0.6) is 0 Å². The Morgan fingerprint density at radius 3 is 2.65 bits per heavy atom. The molecule has 0 aromatic carbocycles. The number of aliphatic hydroxyl groups is 1. The van der Waals surface area contributed by atoms with E-state index in [0.29, 0.717) is 57.5 Å². The molecular formula is C26H30F2N10O2. The van der Waals surface area contributed by atoms with E-state index >= 15 is 0 Å². The van der Waals surface area contributed by atoms with Crippen LogP contribution in [0.2, 0.25) is 0 Å². The number of rotatable bonds is 7. The molecule has 210 valence electrons. The minimum atomic E-state index is -2.75. The summed E-state index contributed by atoms with van der Waals surface area (Å²) in [5.41, 5.74) is 1.47. The summed E-state index contributed by atoms with van der Waals surface area (Å²) in [5.74, 6) is 1.29. The van der Waals surface area contributed by atoms with Crippen molar-refractivity contribution in [3.63, 3.8) is 0 Å². The van der Waals surface area contributed by atoms with E-state index in [2.05, 4.69) is 35.8 Å². The predicted molar refractivity (Wildman–Crippen MR) is 144 cm³/mol. The van der Waals surface area contributed by atoms with Crippen LogP contribution in [0.4, 0.5) is 30.9 Å². The van der Waals surface area contributed by atoms with Crippen molar-refractivity contribution in [2.75, 3.05) is 24.7 Å². The maximum Gasteiger partial charge on any atom is 0.344 e. The van der Waals surface area contributed by atoms with Crippen molar-refractivity contribution < 1.29 is 18.7 Å². The summed E-state index contributed by atoms with van der Waals surface area (Å²) >= 11 is 0. The minimum absolute atomic E-state index is 0.0819. The molecule has 4 aromatic heterocycles. The van der Waals surface area contributed by atoms with E-state index in [0.717, 1.165) is 12.8 Å². The molecule has 1 fully saturated rings. The van der Waals surface area contributed by atoms with Crippen LogP contribution in [0.15, 0.2) is 49.2 Å². The van der Waals surface area contributed by atoms with Gasteiger partial charge in [-0.3, -0.25) is 0 Å². The van der Waals surface area contributed by atoms with Gasteiger partial charge in [-0.2, -0.15) is 23.7 Å². The summed E-state index contributed by atoms with van der Waals surface area (Å²) in [4.78, 5) is 26.9. The highest BCUT2D eigenvalue weighted by atomic mass is 19.3. The summed E-state index contributed by atoms with van der Waals surface area (Å²) < 4.78 is 28.2. The molecule has 0 spiro atoms. The summed E-state index contributed by atoms with van der Waals surface area (Å²) in [6.45, 7) is -0.916. The van der Waals surface area contributed by atoms with E-state index in [1.54, 1.807) is 44.8 Å². The SMILES string of the molecule is CN(C)C(=O)n1cc(-c2nccc(Nc3cc(NC4CCC(C)(O)CC4)c(-c4ccn(C(F)F)n4)cn3)n2)cn1. The van der Waals surface area contributed by atoms with Gasteiger partial charge in [-0.25, -0.2) is 24.4 Å². The van der Waals surface area contributed by atoms with Gasteiger partial charge in [0.15, 0.2) is 5.82 Å². The van der Waals surface area contributed by atoms with Gasteiger partial charge in [0.25, 0.3) is 0 Å². The normalized spacial score (nSPS) is 19.0. The van der Waals surface area contributed by atoms with Gasteiger partial charge in [-0.05, 0) is 44.7 Å². The van der Waals surface area contributed by atoms with Crippen LogP contribution < -0.4 is 10.6 Å².